The Kier molecular flexibility index (Phi) is 6.41. The zero-order valence-electron chi connectivity index (χ0n) is 19.8. The van der Waals surface area contributed by atoms with E-state index in [1.165, 1.54) is 24.8 Å². The Morgan fingerprint density at radius 3 is 2.54 bits per heavy atom. The summed E-state index contributed by atoms with van der Waals surface area (Å²) in [5.41, 5.74) is 2.17. The molecule has 0 amide bonds. The normalized spacial score (nSPS) is 18.3. The van der Waals surface area contributed by atoms with E-state index in [1.807, 2.05) is 12.3 Å². The SMILES string of the molecule is C[C@@H]1C[C@H](C)CN(c2ccncc2CCc2ccc(F)c(-c3c(F)cc4ncccc4c3F)n2)C1. The van der Waals surface area contributed by atoms with Gasteiger partial charge >= 0.3 is 0 Å². The Morgan fingerprint density at radius 2 is 1.74 bits per heavy atom. The first-order valence-electron chi connectivity index (χ1n) is 12.0. The molecule has 0 unspecified atom stereocenters. The molecule has 1 fully saturated rings. The molecule has 4 heterocycles. The van der Waals surface area contributed by atoms with Gasteiger partial charge in [-0.05, 0) is 67.0 Å². The second kappa shape index (κ2) is 9.64. The van der Waals surface area contributed by atoms with Crippen molar-refractivity contribution in [1.29, 1.82) is 0 Å². The fourth-order valence-electron chi connectivity index (χ4n) is 5.21. The molecule has 1 aliphatic heterocycles. The van der Waals surface area contributed by atoms with Crippen LogP contribution in [0.3, 0.4) is 0 Å². The van der Waals surface area contributed by atoms with E-state index in [0.29, 0.717) is 30.4 Å². The zero-order valence-corrected chi connectivity index (χ0v) is 19.8. The van der Waals surface area contributed by atoms with Gasteiger partial charge in [0.05, 0.1) is 11.1 Å². The van der Waals surface area contributed by atoms with Crippen molar-refractivity contribution < 1.29 is 13.2 Å². The molecule has 35 heavy (non-hydrogen) atoms. The van der Waals surface area contributed by atoms with Crippen LogP contribution in [0.25, 0.3) is 22.2 Å². The number of fused-ring (bicyclic) bond motifs is 1. The van der Waals surface area contributed by atoms with Crippen LogP contribution < -0.4 is 4.90 Å². The predicted molar refractivity (Wildman–Crippen MR) is 132 cm³/mol. The summed E-state index contributed by atoms with van der Waals surface area (Å²) in [6, 6.07) is 9.00. The lowest BCUT2D eigenvalue weighted by molar-refractivity contribution is 0.356. The third kappa shape index (κ3) is 4.72. The average molecular weight is 477 g/mol. The molecular formula is C28H27F3N4. The van der Waals surface area contributed by atoms with Crippen molar-refractivity contribution in [1.82, 2.24) is 15.0 Å². The molecule has 0 radical (unpaired) electrons. The largest absolute Gasteiger partial charge is 0.371 e. The van der Waals surface area contributed by atoms with Crippen LogP contribution in [-0.4, -0.2) is 28.0 Å². The summed E-state index contributed by atoms with van der Waals surface area (Å²) in [6.07, 6.45) is 7.46. The number of rotatable bonds is 5. The second-order valence-electron chi connectivity index (χ2n) is 9.61. The van der Waals surface area contributed by atoms with E-state index in [9.17, 15) is 8.78 Å². The monoisotopic (exact) mass is 476 g/mol. The molecule has 7 heteroatoms. The highest BCUT2D eigenvalue weighted by molar-refractivity contribution is 5.85. The molecule has 3 aromatic heterocycles. The highest BCUT2D eigenvalue weighted by atomic mass is 19.1. The van der Waals surface area contributed by atoms with Gasteiger partial charge in [0, 0.05) is 54.5 Å². The van der Waals surface area contributed by atoms with E-state index in [-0.39, 0.29) is 16.6 Å². The van der Waals surface area contributed by atoms with Crippen molar-refractivity contribution in [3.05, 3.63) is 83.7 Å². The first-order valence-corrected chi connectivity index (χ1v) is 12.0. The van der Waals surface area contributed by atoms with Gasteiger partial charge in [-0.25, -0.2) is 18.2 Å². The number of halogens is 3. The van der Waals surface area contributed by atoms with E-state index < -0.39 is 23.0 Å². The highest BCUT2D eigenvalue weighted by Crippen LogP contribution is 2.32. The molecule has 5 rings (SSSR count). The molecule has 1 saturated heterocycles. The lowest BCUT2D eigenvalue weighted by Gasteiger charge is -2.37. The van der Waals surface area contributed by atoms with Gasteiger partial charge in [-0.15, -0.1) is 0 Å². The third-order valence-electron chi connectivity index (χ3n) is 6.68. The van der Waals surface area contributed by atoms with Gasteiger partial charge in [0.2, 0.25) is 0 Å². The van der Waals surface area contributed by atoms with Crippen LogP contribution >= 0.6 is 0 Å². The molecule has 4 aromatic rings. The van der Waals surface area contributed by atoms with Crippen molar-refractivity contribution >= 4 is 16.6 Å². The van der Waals surface area contributed by atoms with Gasteiger partial charge in [-0.1, -0.05) is 13.8 Å². The Balaban J connectivity index is 1.44. The number of pyridine rings is 3. The number of piperidine rings is 1. The maximum absolute atomic E-state index is 15.2. The van der Waals surface area contributed by atoms with Crippen LogP contribution in [0.4, 0.5) is 18.9 Å². The van der Waals surface area contributed by atoms with Crippen molar-refractivity contribution in [2.24, 2.45) is 11.8 Å². The first-order chi connectivity index (χ1) is 16.9. The number of anilines is 1. The van der Waals surface area contributed by atoms with Crippen LogP contribution in [-0.2, 0) is 12.8 Å². The zero-order chi connectivity index (χ0) is 24.5. The Labute approximate surface area is 202 Å². The summed E-state index contributed by atoms with van der Waals surface area (Å²) in [4.78, 5) is 15.1. The number of hydrogen-bond donors (Lipinski definition) is 0. The maximum Gasteiger partial charge on any atom is 0.149 e. The standard InChI is InChI=1S/C28H27F3N4/c1-17-12-18(2)16-35(15-17)25-9-11-32-14-19(25)5-6-20-7-8-22(29)28(34-20)26-23(30)13-24-21(27(26)31)4-3-10-33-24/h3-4,7-11,13-14,17-18H,5-6,12,15-16H2,1-2H3/t17-,18+. The second-order valence-corrected chi connectivity index (χ2v) is 9.61. The van der Waals surface area contributed by atoms with Gasteiger partial charge in [0.25, 0.3) is 0 Å². The predicted octanol–water partition coefficient (Wildman–Crippen LogP) is 6.38. The minimum Gasteiger partial charge on any atom is -0.371 e. The van der Waals surface area contributed by atoms with Crippen LogP contribution in [0.15, 0.2) is 55.0 Å². The Bertz CT molecular complexity index is 1360. The summed E-state index contributed by atoms with van der Waals surface area (Å²) in [7, 11) is 0. The number of aryl methyl sites for hydroxylation is 2. The minimum atomic E-state index is -0.889. The minimum absolute atomic E-state index is 0.125. The molecule has 4 nitrogen and oxygen atoms in total. The first kappa shape index (κ1) is 23.3. The highest BCUT2D eigenvalue weighted by Gasteiger charge is 2.24. The van der Waals surface area contributed by atoms with Crippen LogP contribution in [0.1, 0.15) is 31.5 Å². The number of hydrogen-bond acceptors (Lipinski definition) is 4. The lowest BCUT2D eigenvalue weighted by atomic mass is 9.91. The molecule has 0 bridgehead atoms. The van der Waals surface area contributed by atoms with E-state index in [0.717, 1.165) is 30.4 Å². The number of benzene rings is 1. The molecule has 180 valence electrons. The summed E-state index contributed by atoms with van der Waals surface area (Å²) in [6.45, 7) is 6.54. The summed E-state index contributed by atoms with van der Waals surface area (Å²) in [5.74, 6) is -1.29. The van der Waals surface area contributed by atoms with E-state index in [1.54, 1.807) is 18.3 Å². The van der Waals surface area contributed by atoms with Gasteiger partial charge < -0.3 is 4.90 Å². The Morgan fingerprint density at radius 1 is 0.943 bits per heavy atom. The van der Waals surface area contributed by atoms with E-state index in [4.69, 9.17) is 0 Å². The fraction of sp³-hybridized carbons (Fsp3) is 0.321. The lowest BCUT2D eigenvalue weighted by Crippen LogP contribution is -2.39. The fourth-order valence-corrected chi connectivity index (χ4v) is 5.21. The van der Waals surface area contributed by atoms with Crippen LogP contribution in [0, 0.1) is 29.3 Å². The van der Waals surface area contributed by atoms with Gasteiger partial charge in [-0.2, -0.15) is 0 Å². The van der Waals surface area contributed by atoms with Crippen molar-refractivity contribution in [3.8, 4) is 11.3 Å². The summed E-state index contributed by atoms with van der Waals surface area (Å²) < 4.78 is 44.8. The summed E-state index contributed by atoms with van der Waals surface area (Å²) in [5, 5.41) is 0.125. The molecule has 1 aromatic carbocycles. The molecular weight excluding hydrogens is 449 g/mol. The van der Waals surface area contributed by atoms with E-state index in [2.05, 4.69) is 33.7 Å². The van der Waals surface area contributed by atoms with E-state index >= 15 is 4.39 Å². The topological polar surface area (TPSA) is 41.9 Å². The average Bonchev–Trinajstić information content (AvgIpc) is 2.84. The molecule has 2 atom stereocenters. The molecule has 1 aliphatic rings. The van der Waals surface area contributed by atoms with Crippen LogP contribution in [0.5, 0.6) is 0 Å². The van der Waals surface area contributed by atoms with Gasteiger partial charge in [0.1, 0.15) is 23.1 Å². The van der Waals surface area contributed by atoms with Gasteiger partial charge in [0.15, 0.2) is 0 Å². The molecule has 0 saturated carbocycles. The quantitative estimate of drug-likeness (QED) is 0.335. The van der Waals surface area contributed by atoms with Crippen molar-refractivity contribution in [2.75, 3.05) is 18.0 Å². The maximum atomic E-state index is 15.2. The van der Waals surface area contributed by atoms with Crippen LogP contribution in [0.2, 0.25) is 0 Å². The molecule has 0 N–H and O–H groups in total. The molecule has 0 aliphatic carbocycles. The third-order valence-corrected chi connectivity index (χ3v) is 6.68. The van der Waals surface area contributed by atoms with Crippen molar-refractivity contribution in [2.45, 2.75) is 33.1 Å². The summed E-state index contributed by atoms with van der Waals surface area (Å²) >= 11 is 0. The van der Waals surface area contributed by atoms with Gasteiger partial charge in [-0.3, -0.25) is 9.97 Å². The van der Waals surface area contributed by atoms with Crippen molar-refractivity contribution in [3.63, 3.8) is 0 Å². The number of aromatic nitrogens is 3. The molecule has 0 spiro atoms. The number of nitrogens with zero attached hydrogens (tertiary/aromatic N) is 4. The smallest absolute Gasteiger partial charge is 0.149 e. The Hall–Kier alpha value is -3.48.